The second kappa shape index (κ2) is 7.55. The summed E-state index contributed by atoms with van der Waals surface area (Å²) in [5.74, 6) is 2.31. The van der Waals surface area contributed by atoms with E-state index in [4.69, 9.17) is 4.52 Å². The van der Waals surface area contributed by atoms with Crippen LogP contribution in [0.1, 0.15) is 44.3 Å². The number of aromatic nitrogens is 3. The van der Waals surface area contributed by atoms with Gasteiger partial charge < -0.3 is 14.9 Å². The summed E-state index contributed by atoms with van der Waals surface area (Å²) < 4.78 is 5.23. The second-order valence-electron chi connectivity index (χ2n) is 6.23. The van der Waals surface area contributed by atoms with Crippen molar-refractivity contribution in [3.63, 3.8) is 0 Å². The highest BCUT2D eigenvalue weighted by molar-refractivity contribution is 5.68. The largest absolute Gasteiger partial charge is 0.393 e. The molecule has 1 fully saturated rings. The Labute approximate surface area is 136 Å². The van der Waals surface area contributed by atoms with Gasteiger partial charge in [-0.05, 0) is 50.7 Å². The van der Waals surface area contributed by atoms with E-state index in [-0.39, 0.29) is 6.10 Å². The van der Waals surface area contributed by atoms with Crippen molar-refractivity contribution in [3.05, 3.63) is 24.2 Å². The fourth-order valence-corrected chi connectivity index (χ4v) is 3.22. The van der Waals surface area contributed by atoms with Gasteiger partial charge in [-0.2, -0.15) is 4.98 Å². The molecule has 0 aromatic carbocycles. The maximum Gasteiger partial charge on any atom is 0.261 e. The summed E-state index contributed by atoms with van der Waals surface area (Å²) in [6.07, 6.45) is 8.22. The maximum atomic E-state index is 10.0. The van der Waals surface area contributed by atoms with Crippen LogP contribution in [0.25, 0.3) is 11.5 Å². The lowest BCUT2D eigenvalue weighted by Gasteiger charge is -2.27. The number of aryl methyl sites for hydroxylation is 1. The molecule has 2 N–H and O–H groups in total. The van der Waals surface area contributed by atoms with Crippen molar-refractivity contribution in [2.45, 2.75) is 51.6 Å². The fraction of sp³-hybridized carbons (Fsp3) is 0.588. The molecule has 1 aliphatic rings. The van der Waals surface area contributed by atoms with Crippen LogP contribution in [0.5, 0.6) is 0 Å². The summed E-state index contributed by atoms with van der Waals surface area (Å²) in [6, 6.07) is 3.78. The normalized spacial score (nSPS) is 21.3. The number of aliphatic hydroxyl groups is 1. The first-order chi connectivity index (χ1) is 11.2. The molecule has 3 rings (SSSR count). The van der Waals surface area contributed by atoms with Crippen LogP contribution in [0, 0.1) is 12.8 Å². The van der Waals surface area contributed by atoms with Gasteiger partial charge in [-0.25, -0.2) is 4.98 Å². The molecular formula is C17H24N4O2. The predicted molar refractivity (Wildman–Crippen MR) is 88.0 cm³/mol. The summed E-state index contributed by atoms with van der Waals surface area (Å²) in [4.78, 5) is 8.64. The summed E-state index contributed by atoms with van der Waals surface area (Å²) >= 11 is 0. The molecule has 124 valence electrons. The number of anilines is 1. The van der Waals surface area contributed by atoms with Gasteiger partial charge >= 0.3 is 0 Å². The third-order valence-electron chi connectivity index (χ3n) is 4.48. The first kappa shape index (κ1) is 15.9. The van der Waals surface area contributed by atoms with Crippen molar-refractivity contribution in [2.75, 3.05) is 11.9 Å². The minimum absolute atomic E-state index is 0.115. The topological polar surface area (TPSA) is 84.1 Å². The van der Waals surface area contributed by atoms with Gasteiger partial charge in [0.1, 0.15) is 5.82 Å². The fourth-order valence-electron chi connectivity index (χ4n) is 3.22. The van der Waals surface area contributed by atoms with E-state index < -0.39 is 0 Å². The first-order valence-corrected chi connectivity index (χ1v) is 8.41. The molecule has 2 heterocycles. The molecule has 0 saturated heterocycles. The Hall–Kier alpha value is -1.95. The van der Waals surface area contributed by atoms with Crippen molar-refractivity contribution in [2.24, 2.45) is 5.92 Å². The number of rotatable bonds is 6. The van der Waals surface area contributed by atoms with E-state index in [0.29, 0.717) is 17.6 Å². The summed E-state index contributed by atoms with van der Waals surface area (Å²) in [6.45, 7) is 2.62. The van der Waals surface area contributed by atoms with Crippen LogP contribution in [0.4, 0.5) is 5.82 Å². The Kier molecular flexibility index (Phi) is 5.23. The Bertz CT molecular complexity index is 629. The number of hydrogen-bond acceptors (Lipinski definition) is 6. The quantitative estimate of drug-likeness (QED) is 0.796. The molecular weight excluding hydrogens is 292 g/mol. The molecule has 0 spiro atoms. The van der Waals surface area contributed by atoms with E-state index in [0.717, 1.165) is 50.0 Å². The van der Waals surface area contributed by atoms with Crippen LogP contribution >= 0.6 is 0 Å². The van der Waals surface area contributed by atoms with E-state index in [1.807, 2.05) is 12.1 Å². The Morgan fingerprint density at radius 1 is 1.35 bits per heavy atom. The van der Waals surface area contributed by atoms with E-state index in [9.17, 15) is 5.11 Å². The number of pyridine rings is 1. The lowest BCUT2D eigenvalue weighted by atomic mass is 9.83. The molecule has 0 amide bonds. The highest BCUT2D eigenvalue weighted by Gasteiger charge is 2.22. The SMILES string of the molecule is Cc1noc(-c2cccnc2NCCCC2CCCCC2O)n1. The second-order valence-corrected chi connectivity index (χ2v) is 6.23. The van der Waals surface area contributed by atoms with Gasteiger partial charge in [0.05, 0.1) is 11.7 Å². The zero-order valence-electron chi connectivity index (χ0n) is 13.5. The molecule has 0 radical (unpaired) electrons. The van der Waals surface area contributed by atoms with Crippen molar-refractivity contribution in [3.8, 4) is 11.5 Å². The predicted octanol–water partition coefficient (Wildman–Crippen LogP) is 3.18. The molecule has 0 bridgehead atoms. The highest BCUT2D eigenvalue weighted by Crippen LogP contribution is 2.28. The molecule has 2 aromatic rings. The van der Waals surface area contributed by atoms with Gasteiger partial charge in [-0.15, -0.1) is 0 Å². The Balaban J connectivity index is 1.54. The summed E-state index contributed by atoms with van der Waals surface area (Å²) in [5.41, 5.74) is 0.825. The average Bonchev–Trinajstić information content (AvgIpc) is 3.00. The maximum absolute atomic E-state index is 10.0. The zero-order valence-corrected chi connectivity index (χ0v) is 13.5. The molecule has 2 unspecified atom stereocenters. The van der Waals surface area contributed by atoms with Gasteiger partial charge in [0.15, 0.2) is 5.82 Å². The smallest absolute Gasteiger partial charge is 0.261 e. The van der Waals surface area contributed by atoms with Crippen molar-refractivity contribution >= 4 is 5.82 Å². The van der Waals surface area contributed by atoms with Crippen LogP contribution in [-0.4, -0.2) is 32.9 Å². The van der Waals surface area contributed by atoms with E-state index in [1.165, 1.54) is 6.42 Å². The van der Waals surface area contributed by atoms with Gasteiger partial charge in [0.25, 0.3) is 5.89 Å². The minimum Gasteiger partial charge on any atom is -0.393 e. The molecule has 2 aromatic heterocycles. The molecule has 1 saturated carbocycles. The molecule has 2 atom stereocenters. The van der Waals surface area contributed by atoms with Crippen molar-refractivity contribution in [1.82, 2.24) is 15.1 Å². The number of nitrogens with zero attached hydrogens (tertiary/aromatic N) is 3. The van der Waals surface area contributed by atoms with Crippen molar-refractivity contribution in [1.29, 1.82) is 0 Å². The third kappa shape index (κ3) is 4.07. The molecule has 1 aliphatic carbocycles. The average molecular weight is 316 g/mol. The standard InChI is InChI=1S/C17H24N4O2/c1-12-20-17(23-21-12)14-8-5-11-19-16(14)18-10-4-7-13-6-2-3-9-15(13)22/h5,8,11,13,15,22H,2-4,6-7,9-10H2,1H3,(H,18,19). The lowest BCUT2D eigenvalue weighted by molar-refractivity contribution is 0.0648. The van der Waals surface area contributed by atoms with Crippen LogP contribution < -0.4 is 5.32 Å². The molecule has 0 aliphatic heterocycles. The van der Waals surface area contributed by atoms with E-state index in [2.05, 4.69) is 20.4 Å². The Morgan fingerprint density at radius 2 is 2.22 bits per heavy atom. The minimum atomic E-state index is -0.115. The van der Waals surface area contributed by atoms with Gasteiger partial charge in [0, 0.05) is 12.7 Å². The van der Waals surface area contributed by atoms with Crippen LogP contribution in [0.2, 0.25) is 0 Å². The van der Waals surface area contributed by atoms with Crippen LogP contribution in [-0.2, 0) is 0 Å². The van der Waals surface area contributed by atoms with Gasteiger partial charge in [-0.1, -0.05) is 18.0 Å². The Morgan fingerprint density at radius 3 is 3.00 bits per heavy atom. The molecule has 6 nitrogen and oxygen atoms in total. The van der Waals surface area contributed by atoms with Crippen LogP contribution in [0.15, 0.2) is 22.9 Å². The summed E-state index contributed by atoms with van der Waals surface area (Å²) in [7, 11) is 0. The molecule has 23 heavy (non-hydrogen) atoms. The monoisotopic (exact) mass is 316 g/mol. The van der Waals surface area contributed by atoms with E-state index >= 15 is 0 Å². The number of hydrogen-bond donors (Lipinski definition) is 2. The van der Waals surface area contributed by atoms with Crippen molar-refractivity contribution < 1.29 is 9.63 Å². The zero-order chi connectivity index (χ0) is 16.1. The summed E-state index contributed by atoms with van der Waals surface area (Å²) in [5, 5.41) is 17.2. The van der Waals surface area contributed by atoms with Gasteiger partial charge in [0.2, 0.25) is 0 Å². The van der Waals surface area contributed by atoms with E-state index in [1.54, 1.807) is 13.1 Å². The number of aliphatic hydroxyl groups excluding tert-OH is 1. The highest BCUT2D eigenvalue weighted by atomic mass is 16.5. The number of nitrogens with one attached hydrogen (secondary N) is 1. The molecule has 6 heteroatoms. The van der Waals surface area contributed by atoms with Crippen LogP contribution in [0.3, 0.4) is 0 Å². The van der Waals surface area contributed by atoms with Gasteiger partial charge in [-0.3, -0.25) is 0 Å². The lowest BCUT2D eigenvalue weighted by Crippen LogP contribution is -2.24. The third-order valence-corrected chi connectivity index (χ3v) is 4.48. The first-order valence-electron chi connectivity index (χ1n) is 8.41.